The van der Waals surface area contributed by atoms with Crippen LogP contribution < -0.4 is 15.3 Å². The van der Waals surface area contributed by atoms with Gasteiger partial charge >= 0.3 is 5.69 Å². The van der Waals surface area contributed by atoms with Crippen molar-refractivity contribution in [3.05, 3.63) is 69.9 Å². The van der Waals surface area contributed by atoms with E-state index in [2.05, 4.69) is 55.7 Å². The number of aryl methyl sites for hydroxylation is 1. The molecule has 1 aliphatic rings. The van der Waals surface area contributed by atoms with Crippen molar-refractivity contribution in [2.24, 2.45) is 0 Å². The summed E-state index contributed by atoms with van der Waals surface area (Å²) in [5.74, 6) is -0.587. The van der Waals surface area contributed by atoms with Crippen molar-refractivity contribution in [3.63, 3.8) is 0 Å². The van der Waals surface area contributed by atoms with Crippen LogP contribution in [0, 0.1) is 11.6 Å². The molecule has 1 saturated heterocycles. The summed E-state index contributed by atoms with van der Waals surface area (Å²) in [6.45, 7) is 18.2. The standard InChI is InChI=1S/C37H49F2N5O3Si/c1-23(2)31-33(29(46-7)18-19-40-31)44-35-26(34(42-36(44)45)43-20-11-10-14-24(43)3)22-28(39)32(41-35)30-25(15-12-17-27(30)38)16-13-21-47-48(8,9)37(4,5)6/h12,15,17-19,22-24H,10-11,13-14,16,20-21H2,1-9H3/t24-/m0/s1. The summed E-state index contributed by atoms with van der Waals surface area (Å²) in [4.78, 5) is 30.2. The fourth-order valence-electron chi connectivity index (χ4n) is 6.23. The van der Waals surface area contributed by atoms with Gasteiger partial charge in [-0.2, -0.15) is 4.98 Å². The first-order chi connectivity index (χ1) is 22.7. The van der Waals surface area contributed by atoms with Crippen LogP contribution in [0.4, 0.5) is 14.6 Å². The monoisotopic (exact) mass is 677 g/mol. The zero-order valence-electron chi connectivity index (χ0n) is 29.8. The van der Waals surface area contributed by atoms with Crippen molar-refractivity contribution in [1.82, 2.24) is 19.5 Å². The summed E-state index contributed by atoms with van der Waals surface area (Å²) >= 11 is 0. The maximum Gasteiger partial charge on any atom is 0.356 e. The van der Waals surface area contributed by atoms with Crippen LogP contribution in [0.15, 0.2) is 41.3 Å². The van der Waals surface area contributed by atoms with E-state index in [1.165, 1.54) is 23.8 Å². The number of methoxy groups -OCH3 is 1. The average Bonchev–Trinajstić information content (AvgIpc) is 3.02. The van der Waals surface area contributed by atoms with E-state index in [4.69, 9.17) is 14.1 Å². The third-order valence-electron chi connectivity index (χ3n) is 9.98. The van der Waals surface area contributed by atoms with Crippen LogP contribution in [0.25, 0.3) is 28.0 Å². The van der Waals surface area contributed by atoms with Gasteiger partial charge in [0.1, 0.15) is 34.6 Å². The molecule has 5 rings (SSSR count). The predicted molar refractivity (Wildman–Crippen MR) is 191 cm³/mol. The number of anilines is 1. The zero-order valence-corrected chi connectivity index (χ0v) is 30.8. The molecule has 0 amide bonds. The summed E-state index contributed by atoms with van der Waals surface area (Å²) in [6, 6.07) is 7.87. The molecule has 4 aromatic rings. The number of aromatic nitrogens is 4. The van der Waals surface area contributed by atoms with Gasteiger partial charge < -0.3 is 14.1 Å². The number of pyridine rings is 2. The molecule has 8 nitrogen and oxygen atoms in total. The Morgan fingerprint density at radius 1 is 1.08 bits per heavy atom. The second-order valence-corrected chi connectivity index (χ2v) is 19.5. The highest BCUT2D eigenvalue weighted by molar-refractivity contribution is 6.74. The smallest absolute Gasteiger partial charge is 0.356 e. The minimum atomic E-state index is -1.96. The molecule has 11 heteroatoms. The lowest BCUT2D eigenvalue weighted by Gasteiger charge is -2.36. The van der Waals surface area contributed by atoms with Gasteiger partial charge in [-0.1, -0.05) is 46.8 Å². The highest BCUT2D eigenvalue weighted by Gasteiger charge is 2.37. The second-order valence-electron chi connectivity index (χ2n) is 14.7. The quantitative estimate of drug-likeness (QED) is 0.123. The van der Waals surface area contributed by atoms with E-state index in [0.717, 1.165) is 19.3 Å². The van der Waals surface area contributed by atoms with Crippen molar-refractivity contribution in [1.29, 1.82) is 0 Å². The van der Waals surface area contributed by atoms with E-state index >= 15 is 8.78 Å². The molecule has 0 N–H and O–H groups in total. The molecule has 1 aromatic carbocycles. The Balaban J connectivity index is 1.72. The normalized spacial score (nSPS) is 15.8. The molecule has 48 heavy (non-hydrogen) atoms. The summed E-state index contributed by atoms with van der Waals surface area (Å²) in [5.41, 5.74) is 1.10. The molecule has 0 radical (unpaired) electrons. The van der Waals surface area contributed by atoms with Crippen molar-refractivity contribution in [3.8, 4) is 22.7 Å². The lowest BCUT2D eigenvalue weighted by molar-refractivity contribution is 0.282. The minimum absolute atomic E-state index is 0.0665. The van der Waals surface area contributed by atoms with Crippen LogP contribution in [0.2, 0.25) is 18.1 Å². The SMILES string of the molecule is COc1ccnc(C(C)C)c1-n1c(=O)nc(N2CCCC[C@@H]2C)c2cc(F)c(-c3c(F)cccc3CCCO[Si](C)(C)C(C)(C)C)nc21. The Kier molecular flexibility index (Phi) is 10.4. The number of halogens is 2. The van der Waals surface area contributed by atoms with Gasteiger partial charge in [0, 0.05) is 37.0 Å². The molecule has 0 spiro atoms. The van der Waals surface area contributed by atoms with Gasteiger partial charge in [0.15, 0.2) is 14.0 Å². The lowest BCUT2D eigenvalue weighted by Crippen LogP contribution is -2.41. The highest BCUT2D eigenvalue weighted by atomic mass is 28.4. The third-order valence-corrected chi connectivity index (χ3v) is 14.5. The molecule has 1 atom stereocenters. The van der Waals surface area contributed by atoms with E-state index in [9.17, 15) is 4.79 Å². The molecule has 0 saturated carbocycles. The number of nitrogens with zero attached hydrogens (tertiary/aromatic N) is 5. The second kappa shape index (κ2) is 14.0. The molecular weight excluding hydrogens is 629 g/mol. The van der Waals surface area contributed by atoms with Gasteiger partial charge in [-0.15, -0.1) is 0 Å². The fourth-order valence-corrected chi connectivity index (χ4v) is 7.31. The topological polar surface area (TPSA) is 82.4 Å². The zero-order chi connectivity index (χ0) is 35.0. The number of benzene rings is 1. The fraction of sp³-hybridized carbons (Fsp3) is 0.514. The van der Waals surface area contributed by atoms with Gasteiger partial charge in [-0.05, 0) is 80.8 Å². The Labute approximate surface area is 283 Å². The Bertz CT molecular complexity index is 1850. The largest absolute Gasteiger partial charge is 0.494 e. The number of hydrogen-bond donors (Lipinski definition) is 0. The van der Waals surface area contributed by atoms with Gasteiger partial charge in [-0.25, -0.2) is 23.1 Å². The maximum atomic E-state index is 16.5. The summed E-state index contributed by atoms with van der Waals surface area (Å²) < 4.78 is 45.7. The number of rotatable bonds is 10. The molecule has 4 heterocycles. The van der Waals surface area contributed by atoms with Crippen LogP contribution in [-0.2, 0) is 10.8 Å². The summed E-state index contributed by atoms with van der Waals surface area (Å²) in [5, 5.41) is 0.433. The number of ether oxygens (including phenoxy) is 1. The van der Waals surface area contributed by atoms with Gasteiger partial charge in [-0.3, -0.25) is 4.98 Å². The Morgan fingerprint density at radius 3 is 2.50 bits per heavy atom. The van der Waals surface area contributed by atoms with E-state index in [0.29, 0.717) is 59.9 Å². The van der Waals surface area contributed by atoms with Crippen LogP contribution in [-0.4, -0.2) is 54.1 Å². The van der Waals surface area contributed by atoms with Crippen LogP contribution in [0.3, 0.4) is 0 Å². The van der Waals surface area contributed by atoms with Crippen molar-refractivity contribution in [2.45, 2.75) is 104 Å². The van der Waals surface area contributed by atoms with Gasteiger partial charge in [0.25, 0.3) is 0 Å². The number of hydrogen-bond acceptors (Lipinski definition) is 7. The van der Waals surface area contributed by atoms with Gasteiger partial charge in [0.05, 0.1) is 18.2 Å². The van der Waals surface area contributed by atoms with Gasteiger partial charge in [0.2, 0.25) is 0 Å². The first-order valence-corrected chi connectivity index (χ1v) is 19.9. The van der Waals surface area contributed by atoms with E-state index < -0.39 is 25.6 Å². The van der Waals surface area contributed by atoms with Crippen LogP contribution in [0.1, 0.15) is 84.4 Å². The minimum Gasteiger partial charge on any atom is -0.494 e. The highest BCUT2D eigenvalue weighted by Crippen LogP contribution is 2.38. The average molecular weight is 678 g/mol. The summed E-state index contributed by atoms with van der Waals surface area (Å²) in [7, 11) is -0.445. The number of fused-ring (bicyclic) bond motifs is 1. The van der Waals surface area contributed by atoms with Crippen LogP contribution >= 0.6 is 0 Å². The van der Waals surface area contributed by atoms with E-state index in [-0.39, 0.29) is 33.9 Å². The Hall–Kier alpha value is -3.70. The van der Waals surface area contributed by atoms with Crippen molar-refractivity contribution < 1.29 is 17.9 Å². The molecule has 0 aliphatic carbocycles. The lowest BCUT2D eigenvalue weighted by atomic mass is 9.98. The van der Waals surface area contributed by atoms with E-state index in [1.807, 2.05) is 13.8 Å². The molecule has 1 fully saturated rings. The maximum absolute atomic E-state index is 16.5. The summed E-state index contributed by atoms with van der Waals surface area (Å²) in [6.07, 6.45) is 5.64. The van der Waals surface area contributed by atoms with E-state index in [1.54, 1.807) is 24.4 Å². The number of piperidine rings is 1. The third kappa shape index (κ3) is 6.89. The molecule has 0 bridgehead atoms. The molecule has 3 aromatic heterocycles. The molecule has 0 unspecified atom stereocenters. The molecule has 258 valence electrons. The first kappa shape index (κ1) is 35.6. The Morgan fingerprint density at radius 2 is 1.83 bits per heavy atom. The van der Waals surface area contributed by atoms with Crippen LogP contribution in [0.5, 0.6) is 5.75 Å². The van der Waals surface area contributed by atoms with Crippen molar-refractivity contribution in [2.75, 3.05) is 25.2 Å². The molecular formula is C37H49F2N5O3Si. The van der Waals surface area contributed by atoms with Crippen molar-refractivity contribution >= 4 is 25.2 Å². The first-order valence-electron chi connectivity index (χ1n) is 17.0. The predicted octanol–water partition coefficient (Wildman–Crippen LogP) is 8.59. The molecule has 1 aliphatic heterocycles.